The van der Waals surface area contributed by atoms with Gasteiger partial charge in [0.2, 0.25) is 0 Å². The van der Waals surface area contributed by atoms with Crippen molar-refractivity contribution in [1.82, 2.24) is 5.32 Å². The number of nitrogens with one attached hydrogen (secondary N) is 1. The number of ether oxygens (including phenoxy) is 5. The summed E-state index contributed by atoms with van der Waals surface area (Å²) < 4.78 is 41.9. The molecule has 7 atom stereocenters. The molecule has 0 bridgehead atoms. The Balaban J connectivity index is 1.19. The van der Waals surface area contributed by atoms with E-state index in [9.17, 15) is 38.3 Å². The molecule has 0 radical (unpaired) electrons. The molecule has 5 aromatic carbocycles. The zero-order chi connectivity index (χ0) is 46.4. The van der Waals surface area contributed by atoms with Gasteiger partial charge in [-0.15, -0.1) is 0 Å². The lowest BCUT2D eigenvalue weighted by Crippen LogP contribution is -2.59. The number of carbonyl (C=O) groups excluding carboxylic acids is 6. The minimum Gasteiger partial charge on any atom is -0.508 e. The molecule has 2 N–H and O–H groups in total. The third-order valence-electron chi connectivity index (χ3n) is 11.2. The van der Waals surface area contributed by atoms with Gasteiger partial charge in [0.25, 0.3) is 0 Å². The van der Waals surface area contributed by atoms with Crippen LogP contribution in [0.1, 0.15) is 74.2 Å². The number of phenolic OH excluding ortho intramolecular Hbond substituents is 1. The van der Waals surface area contributed by atoms with Gasteiger partial charge in [-0.25, -0.2) is 9.18 Å². The minimum atomic E-state index is -1.34. The van der Waals surface area contributed by atoms with Crippen molar-refractivity contribution in [3.63, 3.8) is 0 Å². The van der Waals surface area contributed by atoms with Crippen molar-refractivity contribution < 1.29 is 61.9 Å². The predicted octanol–water partition coefficient (Wildman–Crippen LogP) is 7.97. The first-order chi connectivity index (χ1) is 31.2. The molecular weight excluding hydrogens is 840 g/mol. The van der Waals surface area contributed by atoms with Gasteiger partial charge in [-0.05, 0) is 76.7 Å². The summed E-state index contributed by atoms with van der Waals surface area (Å²) in [5.74, 6) is -3.65. The molecule has 15 heteroatoms. The molecule has 0 aromatic heterocycles. The van der Waals surface area contributed by atoms with E-state index >= 15 is 0 Å². The van der Waals surface area contributed by atoms with Crippen molar-refractivity contribution in [2.45, 2.75) is 83.1 Å². The third kappa shape index (κ3) is 10.7. The van der Waals surface area contributed by atoms with Crippen LogP contribution in [0.4, 0.5) is 14.9 Å². The topological polar surface area (TPSA) is 184 Å². The number of rotatable bonds is 14. The number of urea groups is 1. The first-order valence-electron chi connectivity index (χ1n) is 20.9. The van der Waals surface area contributed by atoms with Gasteiger partial charge in [-0.1, -0.05) is 78.9 Å². The van der Waals surface area contributed by atoms with Crippen molar-refractivity contribution in [3.8, 4) is 28.0 Å². The van der Waals surface area contributed by atoms with Crippen molar-refractivity contribution >= 4 is 41.4 Å². The van der Waals surface area contributed by atoms with Crippen molar-refractivity contribution in [2.24, 2.45) is 0 Å². The number of hydrogen-bond donors (Lipinski definition) is 2. The van der Waals surface area contributed by atoms with E-state index in [-0.39, 0.29) is 31.0 Å². The summed E-state index contributed by atoms with van der Waals surface area (Å²) in [5, 5.41) is 14.8. The molecule has 2 aliphatic rings. The van der Waals surface area contributed by atoms with Crippen molar-refractivity contribution in [1.29, 1.82) is 0 Å². The quantitative estimate of drug-likeness (QED) is 0.0624. The van der Waals surface area contributed by atoms with Crippen LogP contribution in [-0.2, 0) is 42.9 Å². The van der Waals surface area contributed by atoms with E-state index in [0.717, 1.165) is 25.0 Å². The SMILES string of the molecule is CC(=O)OC[C@H]1OC(c2ccc(-c3ccc([C@@H]4[C@H](CCC(=O)c5ccc(F)cc5)NC(=O)N4c4ccc(-c5ccccc5)cc4)c(O)c3)cc2)[C@H](OC(C)=O)[C@@H](OC(C)=O)[C@@H]1OC(C)=O. The van der Waals surface area contributed by atoms with E-state index in [1.165, 1.54) is 38.1 Å². The van der Waals surface area contributed by atoms with Crippen LogP contribution in [0.3, 0.4) is 0 Å². The Morgan fingerprint density at radius 3 is 1.86 bits per heavy atom. The standard InChI is InChI=1S/C50H47FN2O12/c1-28(54)61-27-44-47(62-29(2)55)49(64-31(4)57)48(63-30(3)56)46(65-44)36-12-10-34(11-13-36)37-18-23-40(43(59)26-37)45-41(24-25-42(58)35-14-19-38(51)20-15-35)52-50(60)53(45)39-21-16-33(17-22-39)32-8-6-5-7-9-32/h5-23,26,41,44-49,59H,24-25,27H2,1-4H3,(H,52,60)/t41-,44+,45+,46?,47+,48-,49-/m0/s1. The highest BCUT2D eigenvalue weighted by Crippen LogP contribution is 2.43. The molecule has 7 rings (SSSR count). The van der Waals surface area contributed by atoms with Gasteiger partial charge in [0.05, 0.1) is 12.1 Å². The Labute approximate surface area is 374 Å². The first kappa shape index (κ1) is 45.6. The maximum absolute atomic E-state index is 13.8. The molecule has 5 aromatic rings. The van der Waals surface area contributed by atoms with E-state index in [4.69, 9.17) is 23.7 Å². The first-order valence-corrected chi connectivity index (χ1v) is 20.9. The van der Waals surface area contributed by atoms with E-state index in [2.05, 4.69) is 5.32 Å². The third-order valence-corrected chi connectivity index (χ3v) is 11.2. The number of hydrogen-bond acceptors (Lipinski definition) is 12. The number of aromatic hydroxyl groups is 1. The Bertz CT molecular complexity index is 2550. The summed E-state index contributed by atoms with van der Waals surface area (Å²) in [7, 11) is 0. The fourth-order valence-electron chi connectivity index (χ4n) is 8.32. The second-order valence-electron chi connectivity index (χ2n) is 15.8. The van der Waals surface area contributed by atoms with Crippen LogP contribution < -0.4 is 10.2 Å². The van der Waals surface area contributed by atoms with Gasteiger partial charge in [0, 0.05) is 50.9 Å². The average molecular weight is 887 g/mol. The molecule has 2 heterocycles. The zero-order valence-electron chi connectivity index (χ0n) is 36.0. The summed E-state index contributed by atoms with van der Waals surface area (Å²) in [5.41, 5.74) is 4.99. The fraction of sp³-hybridized carbons (Fsp3) is 0.280. The second kappa shape index (κ2) is 20.0. The monoisotopic (exact) mass is 886 g/mol. The molecule has 2 amide bonds. The molecule has 1 unspecified atom stereocenters. The number of amides is 2. The number of Topliss-reactive ketones (excluding diaryl/α,β-unsaturated/α-hetero) is 1. The smallest absolute Gasteiger partial charge is 0.322 e. The van der Waals surface area contributed by atoms with E-state index < -0.39 is 78.3 Å². The fourth-order valence-corrected chi connectivity index (χ4v) is 8.32. The number of anilines is 1. The molecule has 0 spiro atoms. The van der Waals surface area contributed by atoms with E-state index in [1.54, 1.807) is 47.4 Å². The molecule has 14 nitrogen and oxygen atoms in total. The van der Waals surface area contributed by atoms with Crippen LogP contribution in [0.2, 0.25) is 0 Å². The molecule has 336 valence electrons. The Morgan fingerprint density at radius 1 is 0.677 bits per heavy atom. The van der Waals surface area contributed by atoms with Crippen molar-refractivity contribution in [3.05, 3.63) is 144 Å². The van der Waals surface area contributed by atoms with Crippen LogP contribution >= 0.6 is 0 Å². The van der Waals surface area contributed by atoms with Crippen LogP contribution in [0.5, 0.6) is 5.75 Å². The van der Waals surface area contributed by atoms with E-state index in [0.29, 0.717) is 33.5 Å². The van der Waals surface area contributed by atoms with Gasteiger partial charge in [-0.2, -0.15) is 0 Å². The van der Waals surface area contributed by atoms with Crippen LogP contribution in [0, 0.1) is 5.82 Å². The van der Waals surface area contributed by atoms with Gasteiger partial charge in [-0.3, -0.25) is 28.9 Å². The normalized spacial score (nSPS) is 21.5. The number of phenols is 1. The second-order valence-corrected chi connectivity index (χ2v) is 15.8. The molecule has 0 aliphatic carbocycles. The Kier molecular flexibility index (Phi) is 14.0. The molecule has 2 fully saturated rings. The molecular formula is C50H47FN2O12. The highest BCUT2D eigenvalue weighted by molar-refractivity contribution is 5.98. The average Bonchev–Trinajstić information content (AvgIpc) is 3.61. The largest absolute Gasteiger partial charge is 0.508 e. The summed E-state index contributed by atoms with van der Waals surface area (Å²) in [6, 6.07) is 32.7. The summed E-state index contributed by atoms with van der Waals surface area (Å²) >= 11 is 0. The van der Waals surface area contributed by atoms with Gasteiger partial charge >= 0.3 is 29.9 Å². The van der Waals surface area contributed by atoms with E-state index in [1.807, 2.05) is 54.6 Å². The summed E-state index contributed by atoms with van der Waals surface area (Å²) in [6.45, 7) is 4.28. The molecule has 2 aliphatic heterocycles. The maximum Gasteiger partial charge on any atom is 0.322 e. The summed E-state index contributed by atoms with van der Waals surface area (Å²) in [4.78, 5) is 77.4. The maximum atomic E-state index is 13.8. The molecule has 2 saturated heterocycles. The Morgan fingerprint density at radius 2 is 1.25 bits per heavy atom. The number of carbonyl (C=O) groups is 6. The minimum absolute atomic E-state index is 0.0403. The highest BCUT2D eigenvalue weighted by atomic mass is 19.1. The van der Waals surface area contributed by atoms with Crippen LogP contribution in [0.15, 0.2) is 121 Å². The van der Waals surface area contributed by atoms with Crippen LogP contribution in [0.25, 0.3) is 22.3 Å². The number of esters is 4. The highest BCUT2D eigenvalue weighted by Gasteiger charge is 2.52. The number of ketones is 1. The number of benzene rings is 5. The predicted molar refractivity (Wildman–Crippen MR) is 234 cm³/mol. The number of nitrogens with zero attached hydrogens (tertiary/aromatic N) is 1. The summed E-state index contributed by atoms with van der Waals surface area (Å²) in [6.07, 6.45) is -5.90. The van der Waals surface area contributed by atoms with Crippen LogP contribution in [-0.4, -0.2) is 77.9 Å². The molecule has 0 saturated carbocycles. The van der Waals surface area contributed by atoms with Gasteiger partial charge in [0.15, 0.2) is 24.1 Å². The Hall–Kier alpha value is -7.39. The molecule has 65 heavy (non-hydrogen) atoms. The lowest BCUT2D eigenvalue weighted by atomic mass is 9.89. The van der Waals surface area contributed by atoms with Gasteiger partial charge in [0.1, 0.15) is 30.4 Å². The lowest BCUT2D eigenvalue weighted by Gasteiger charge is -2.44. The number of halogens is 1. The zero-order valence-corrected chi connectivity index (χ0v) is 36.0. The lowest BCUT2D eigenvalue weighted by molar-refractivity contribution is -0.254. The van der Waals surface area contributed by atoms with Crippen molar-refractivity contribution in [2.75, 3.05) is 11.5 Å². The van der Waals surface area contributed by atoms with Gasteiger partial charge < -0.3 is 34.1 Å².